The first-order valence-corrected chi connectivity index (χ1v) is 6.15. The summed E-state index contributed by atoms with van der Waals surface area (Å²) >= 11 is 0. The number of carbonyl (C=O) groups excluding carboxylic acids is 1. The number of nitrogens with one attached hydrogen (secondary N) is 1. The van der Waals surface area contributed by atoms with Crippen molar-refractivity contribution in [2.45, 2.75) is 13.5 Å². The lowest BCUT2D eigenvalue weighted by molar-refractivity contribution is -0.141. The molecule has 0 aliphatic rings. The molecule has 1 aromatic carbocycles. The number of hydrogen-bond acceptors (Lipinski definition) is 3. The predicted molar refractivity (Wildman–Crippen MR) is 72.8 cm³/mol. The van der Waals surface area contributed by atoms with Crippen molar-refractivity contribution >= 4 is 12.0 Å². The third-order valence-corrected chi connectivity index (χ3v) is 2.84. The Hall–Kier alpha value is -2.55. The molecule has 0 spiro atoms. The van der Waals surface area contributed by atoms with Crippen LogP contribution in [-0.2, 0) is 11.3 Å². The maximum atomic E-state index is 11.8. The third kappa shape index (κ3) is 4.61. The number of urea groups is 1. The summed E-state index contributed by atoms with van der Waals surface area (Å²) in [5.74, 6) is -1.54. The van der Waals surface area contributed by atoms with Crippen LogP contribution in [0.1, 0.15) is 18.1 Å². The zero-order chi connectivity index (χ0) is 15.1. The summed E-state index contributed by atoms with van der Waals surface area (Å²) < 4.78 is 0. The van der Waals surface area contributed by atoms with E-state index in [2.05, 4.69) is 5.32 Å². The zero-order valence-corrected chi connectivity index (χ0v) is 11.5. The first-order chi connectivity index (χ1) is 9.43. The quantitative estimate of drug-likeness (QED) is 0.849. The number of carboxylic acid groups (broad SMARTS) is 1. The Morgan fingerprint density at radius 2 is 2.00 bits per heavy atom. The molecule has 1 unspecified atom stereocenters. The van der Waals surface area contributed by atoms with Crippen LogP contribution < -0.4 is 5.32 Å². The van der Waals surface area contributed by atoms with E-state index in [0.29, 0.717) is 12.1 Å². The van der Waals surface area contributed by atoms with Crippen LogP contribution in [-0.4, -0.2) is 35.6 Å². The molecule has 0 saturated heterocycles. The molecule has 6 heteroatoms. The zero-order valence-electron chi connectivity index (χ0n) is 11.5. The molecule has 20 heavy (non-hydrogen) atoms. The molecule has 2 amide bonds. The lowest BCUT2D eigenvalue weighted by Crippen LogP contribution is -2.40. The Labute approximate surface area is 117 Å². The second-order valence-corrected chi connectivity index (χ2v) is 4.59. The van der Waals surface area contributed by atoms with Crippen LogP contribution in [0.25, 0.3) is 0 Å². The summed E-state index contributed by atoms with van der Waals surface area (Å²) in [5.41, 5.74) is 1.43. The summed E-state index contributed by atoms with van der Waals surface area (Å²) in [5, 5.41) is 20.2. The minimum absolute atomic E-state index is 0.147. The highest BCUT2D eigenvalue weighted by atomic mass is 16.4. The molecule has 0 saturated carbocycles. The van der Waals surface area contributed by atoms with Gasteiger partial charge in [0, 0.05) is 20.1 Å². The van der Waals surface area contributed by atoms with Crippen molar-refractivity contribution in [2.24, 2.45) is 5.92 Å². The van der Waals surface area contributed by atoms with E-state index >= 15 is 0 Å². The van der Waals surface area contributed by atoms with Gasteiger partial charge in [-0.2, -0.15) is 5.26 Å². The Kier molecular flexibility index (Phi) is 5.54. The predicted octanol–water partition coefficient (Wildman–Crippen LogP) is 1.42. The Bertz CT molecular complexity index is 519. The molecule has 2 N–H and O–H groups in total. The van der Waals surface area contributed by atoms with Crippen molar-refractivity contribution in [2.75, 3.05) is 13.6 Å². The average molecular weight is 275 g/mol. The topological polar surface area (TPSA) is 93.4 Å². The minimum atomic E-state index is -0.934. The molecular weight excluding hydrogens is 258 g/mol. The molecule has 1 atom stereocenters. The molecule has 0 aliphatic heterocycles. The Balaban J connectivity index is 2.46. The van der Waals surface area contributed by atoms with Crippen molar-refractivity contribution in [1.82, 2.24) is 10.2 Å². The van der Waals surface area contributed by atoms with E-state index in [4.69, 9.17) is 10.4 Å². The molecular formula is C14H17N3O3. The van der Waals surface area contributed by atoms with Gasteiger partial charge in [-0.15, -0.1) is 0 Å². The maximum Gasteiger partial charge on any atom is 0.317 e. The van der Waals surface area contributed by atoms with Gasteiger partial charge in [-0.1, -0.05) is 19.1 Å². The monoisotopic (exact) mass is 275 g/mol. The lowest BCUT2D eigenvalue weighted by Gasteiger charge is -2.20. The summed E-state index contributed by atoms with van der Waals surface area (Å²) in [6.07, 6.45) is 0. The number of rotatable bonds is 5. The van der Waals surface area contributed by atoms with E-state index in [1.54, 1.807) is 38.2 Å². The third-order valence-electron chi connectivity index (χ3n) is 2.84. The van der Waals surface area contributed by atoms with Gasteiger partial charge in [0.2, 0.25) is 0 Å². The number of benzene rings is 1. The molecule has 1 aromatic rings. The summed E-state index contributed by atoms with van der Waals surface area (Å²) in [6, 6.07) is 8.57. The molecule has 0 aliphatic carbocycles. The standard InChI is InChI=1S/C14H17N3O3/c1-10(13(18)19)9-17(2)14(20)16-8-12-5-3-11(7-15)4-6-12/h3-6,10H,8-9H2,1-2H3,(H,16,20)(H,18,19). The largest absolute Gasteiger partial charge is 0.481 e. The normalized spacial score (nSPS) is 11.2. The van der Waals surface area contributed by atoms with Crippen LogP contribution in [0.2, 0.25) is 0 Å². The Morgan fingerprint density at radius 3 is 2.50 bits per heavy atom. The van der Waals surface area contributed by atoms with Gasteiger partial charge in [-0.05, 0) is 17.7 Å². The number of nitrogens with zero attached hydrogens (tertiary/aromatic N) is 2. The van der Waals surface area contributed by atoms with Gasteiger partial charge in [0.1, 0.15) is 0 Å². The van der Waals surface area contributed by atoms with E-state index in [0.717, 1.165) is 5.56 Å². The number of hydrogen-bond donors (Lipinski definition) is 2. The highest BCUT2D eigenvalue weighted by Gasteiger charge is 2.16. The number of carboxylic acids is 1. The van der Waals surface area contributed by atoms with Gasteiger partial charge in [-0.3, -0.25) is 4.79 Å². The highest BCUT2D eigenvalue weighted by Crippen LogP contribution is 2.03. The van der Waals surface area contributed by atoms with Crippen LogP contribution in [0.4, 0.5) is 4.79 Å². The van der Waals surface area contributed by atoms with Crippen LogP contribution >= 0.6 is 0 Å². The summed E-state index contributed by atoms with van der Waals surface area (Å²) in [7, 11) is 1.55. The number of amides is 2. The van der Waals surface area contributed by atoms with E-state index in [9.17, 15) is 9.59 Å². The van der Waals surface area contributed by atoms with E-state index in [1.165, 1.54) is 4.90 Å². The molecule has 0 bridgehead atoms. The van der Waals surface area contributed by atoms with Crippen molar-refractivity contribution in [3.8, 4) is 6.07 Å². The number of nitriles is 1. The average Bonchev–Trinajstić information content (AvgIpc) is 2.44. The van der Waals surface area contributed by atoms with E-state index in [1.807, 2.05) is 6.07 Å². The van der Waals surface area contributed by atoms with E-state index < -0.39 is 11.9 Å². The molecule has 0 radical (unpaired) electrons. The first-order valence-electron chi connectivity index (χ1n) is 6.15. The first kappa shape index (κ1) is 15.5. The minimum Gasteiger partial charge on any atom is -0.481 e. The van der Waals surface area contributed by atoms with Gasteiger partial charge >= 0.3 is 12.0 Å². The van der Waals surface area contributed by atoms with Crippen LogP contribution in [0.3, 0.4) is 0 Å². The molecule has 0 aromatic heterocycles. The molecule has 106 valence electrons. The van der Waals surface area contributed by atoms with Crippen molar-refractivity contribution in [1.29, 1.82) is 5.26 Å². The highest BCUT2D eigenvalue weighted by molar-refractivity contribution is 5.75. The molecule has 0 fully saturated rings. The van der Waals surface area contributed by atoms with Crippen LogP contribution in [0.5, 0.6) is 0 Å². The SMILES string of the molecule is CC(CN(C)C(=O)NCc1ccc(C#N)cc1)C(=O)O. The van der Waals surface area contributed by atoms with Crippen LogP contribution in [0.15, 0.2) is 24.3 Å². The fourth-order valence-electron chi connectivity index (χ4n) is 1.58. The Morgan fingerprint density at radius 1 is 1.40 bits per heavy atom. The van der Waals surface area contributed by atoms with Crippen molar-refractivity contribution < 1.29 is 14.7 Å². The van der Waals surface area contributed by atoms with E-state index in [-0.39, 0.29) is 12.6 Å². The maximum absolute atomic E-state index is 11.8. The molecule has 6 nitrogen and oxygen atoms in total. The van der Waals surface area contributed by atoms with Gasteiger partial charge in [0.25, 0.3) is 0 Å². The van der Waals surface area contributed by atoms with Crippen molar-refractivity contribution in [3.63, 3.8) is 0 Å². The smallest absolute Gasteiger partial charge is 0.317 e. The number of carbonyl (C=O) groups is 2. The molecule has 1 rings (SSSR count). The second kappa shape index (κ2) is 7.14. The fourth-order valence-corrected chi connectivity index (χ4v) is 1.58. The summed E-state index contributed by atoms with van der Waals surface area (Å²) in [6.45, 7) is 2.03. The fraction of sp³-hybridized carbons (Fsp3) is 0.357. The number of aliphatic carboxylic acids is 1. The van der Waals surface area contributed by atoms with Gasteiger partial charge in [0.15, 0.2) is 0 Å². The van der Waals surface area contributed by atoms with Crippen molar-refractivity contribution in [3.05, 3.63) is 35.4 Å². The van der Waals surface area contributed by atoms with Gasteiger partial charge in [0.05, 0.1) is 17.6 Å². The van der Waals surface area contributed by atoms with Gasteiger partial charge in [-0.25, -0.2) is 4.79 Å². The van der Waals surface area contributed by atoms with Gasteiger partial charge < -0.3 is 15.3 Å². The second-order valence-electron chi connectivity index (χ2n) is 4.59. The summed E-state index contributed by atoms with van der Waals surface area (Å²) in [4.78, 5) is 23.8. The molecule has 0 heterocycles. The lowest BCUT2D eigenvalue weighted by atomic mass is 10.1. The van der Waals surface area contributed by atoms with Crippen LogP contribution in [0, 0.1) is 17.2 Å².